The zero-order valence-electron chi connectivity index (χ0n) is 13.6. The van der Waals surface area contributed by atoms with Crippen molar-refractivity contribution in [1.29, 1.82) is 0 Å². The van der Waals surface area contributed by atoms with Crippen molar-refractivity contribution in [3.63, 3.8) is 0 Å². The molecule has 0 aliphatic rings. The molecule has 0 radical (unpaired) electrons. The molecule has 5 heteroatoms. The average molecular weight is 310 g/mol. The van der Waals surface area contributed by atoms with Crippen molar-refractivity contribution in [2.45, 2.75) is 53.0 Å². The van der Waals surface area contributed by atoms with Crippen molar-refractivity contribution in [3.8, 4) is 0 Å². The van der Waals surface area contributed by atoms with Gasteiger partial charge in [-0.2, -0.15) is 11.3 Å². The van der Waals surface area contributed by atoms with Crippen LogP contribution in [0.2, 0.25) is 0 Å². The molecular formula is C16H26N2O2S. The monoisotopic (exact) mass is 310 g/mol. The number of thiophene rings is 1. The van der Waals surface area contributed by atoms with Crippen molar-refractivity contribution in [2.75, 3.05) is 6.54 Å². The minimum atomic E-state index is -0.243. The van der Waals surface area contributed by atoms with Gasteiger partial charge in [-0.1, -0.05) is 20.8 Å². The zero-order chi connectivity index (χ0) is 16.1. The van der Waals surface area contributed by atoms with Gasteiger partial charge in [0.15, 0.2) is 0 Å². The second-order valence-corrected chi connectivity index (χ2v) is 7.97. The van der Waals surface area contributed by atoms with E-state index in [0.29, 0.717) is 18.5 Å². The lowest BCUT2D eigenvalue weighted by molar-refractivity contribution is -0.122. The lowest BCUT2D eigenvalue weighted by Crippen LogP contribution is -2.46. The molecule has 0 saturated heterocycles. The van der Waals surface area contributed by atoms with Crippen LogP contribution in [-0.4, -0.2) is 23.9 Å². The molecular weight excluding hydrogens is 284 g/mol. The molecule has 2 amide bonds. The maximum atomic E-state index is 12.0. The first-order valence-electron chi connectivity index (χ1n) is 7.20. The Morgan fingerprint density at radius 1 is 1.19 bits per heavy atom. The van der Waals surface area contributed by atoms with Gasteiger partial charge in [0, 0.05) is 29.4 Å². The van der Waals surface area contributed by atoms with Crippen LogP contribution in [0.1, 0.15) is 57.8 Å². The Bertz CT molecular complexity index is 473. The van der Waals surface area contributed by atoms with E-state index in [4.69, 9.17) is 0 Å². The van der Waals surface area contributed by atoms with E-state index in [9.17, 15) is 9.59 Å². The smallest absolute Gasteiger partial charge is 0.252 e. The van der Waals surface area contributed by atoms with Crippen LogP contribution in [0.3, 0.4) is 0 Å². The van der Waals surface area contributed by atoms with E-state index < -0.39 is 0 Å². The van der Waals surface area contributed by atoms with Crippen LogP contribution >= 0.6 is 11.3 Å². The summed E-state index contributed by atoms with van der Waals surface area (Å²) in [6.45, 7) is 10.9. The third-order valence-corrected chi connectivity index (χ3v) is 3.55. The fourth-order valence-corrected chi connectivity index (χ4v) is 3.23. The van der Waals surface area contributed by atoms with Crippen LogP contribution in [0.15, 0.2) is 16.8 Å². The van der Waals surface area contributed by atoms with Gasteiger partial charge < -0.3 is 10.6 Å². The van der Waals surface area contributed by atoms with E-state index in [1.807, 2.05) is 19.2 Å². The summed E-state index contributed by atoms with van der Waals surface area (Å²) in [7, 11) is 0. The number of rotatable bonds is 6. The second kappa shape index (κ2) is 7.07. The molecule has 0 aromatic carbocycles. The van der Waals surface area contributed by atoms with E-state index >= 15 is 0 Å². The van der Waals surface area contributed by atoms with Gasteiger partial charge in [0.2, 0.25) is 5.91 Å². The number of hydrogen-bond donors (Lipinski definition) is 2. The van der Waals surface area contributed by atoms with Crippen molar-refractivity contribution in [3.05, 3.63) is 22.4 Å². The molecule has 4 nitrogen and oxygen atoms in total. The molecule has 1 aromatic rings. The highest BCUT2D eigenvalue weighted by Gasteiger charge is 2.26. The zero-order valence-corrected chi connectivity index (χ0v) is 14.4. The highest BCUT2D eigenvalue weighted by Crippen LogP contribution is 2.26. The fraction of sp³-hybridized carbons (Fsp3) is 0.625. The van der Waals surface area contributed by atoms with E-state index in [1.165, 1.54) is 11.3 Å². The summed E-state index contributed by atoms with van der Waals surface area (Å²) in [5, 5.41) is 9.44. The molecule has 1 aromatic heterocycles. The molecule has 21 heavy (non-hydrogen) atoms. The number of amides is 2. The molecule has 2 N–H and O–H groups in total. The minimum Gasteiger partial charge on any atom is -0.351 e. The molecule has 0 aliphatic carbocycles. The number of nitrogens with one attached hydrogen (secondary N) is 2. The summed E-state index contributed by atoms with van der Waals surface area (Å²) in [5.74, 6) is -0.159. The molecule has 0 unspecified atom stereocenters. The Hall–Kier alpha value is -1.36. The van der Waals surface area contributed by atoms with Gasteiger partial charge in [-0.15, -0.1) is 0 Å². The molecule has 0 saturated carbocycles. The molecule has 1 rings (SSSR count). The van der Waals surface area contributed by atoms with Gasteiger partial charge in [0.05, 0.1) is 0 Å². The standard InChI is InChI=1S/C16H26N2O2S/c1-15(2,3)11-16(4,5)18-13(19)6-8-17-14(20)12-7-9-21-10-12/h7,9-10H,6,8,11H2,1-5H3,(H,17,20)(H,18,19). The van der Waals surface area contributed by atoms with Crippen LogP contribution in [0.4, 0.5) is 0 Å². The van der Waals surface area contributed by atoms with Gasteiger partial charge in [-0.05, 0) is 37.1 Å². The molecule has 0 aliphatic heterocycles. The Balaban J connectivity index is 2.32. The predicted molar refractivity (Wildman–Crippen MR) is 87.6 cm³/mol. The average Bonchev–Trinajstić information content (AvgIpc) is 2.77. The first-order chi connectivity index (χ1) is 9.59. The van der Waals surface area contributed by atoms with Crippen LogP contribution in [0, 0.1) is 5.41 Å². The Kier molecular flexibility index (Phi) is 5.96. The van der Waals surface area contributed by atoms with Crippen molar-refractivity contribution >= 4 is 23.2 Å². The molecule has 118 valence electrons. The minimum absolute atomic E-state index is 0.0325. The Labute approximate surface area is 131 Å². The van der Waals surface area contributed by atoms with E-state index in [-0.39, 0.29) is 22.8 Å². The van der Waals surface area contributed by atoms with E-state index in [0.717, 1.165) is 6.42 Å². The first kappa shape index (κ1) is 17.7. The quantitative estimate of drug-likeness (QED) is 0.847. The first-order valence-corrected chi connectivity index (χ1v) is 8.15. The second-order valence-electron chi connectivity index (χ2n) is 7.19. The summed E-state index contributed by atoms with van der Waals surface area (Å²) in [6.07, 6.45) is 1.19. The van der Waals surface area contributed by atoms with Gasteiger partial charge in [-0.25, -0.2) is 0 Å². The van der Waals surface area contributed by atoms with Crippen LogP contribution in [0.25, 0.3) is 0 Å². The van der Waals surface area contributed by atoms with Crippen molar-refractivity contribution < 1.29 is 9.59 Å². The van der Waals surface area contributed by atoms with E-state index in [1.54, 1.807) is 11.4 Å². The van der Waals surface area contributed by atoms with Crippen LogP contribution < -0.4 is 10.6 Å². The van der Waals surface area contributed by atoms with Gasteiger partial charge in [0.25, 0.3) is 5.91 Å². The van der Waals surface area contributed by atoms with Crippen LogP contribution in [0.5, 0.6) is 0 Å². The van der Waals surface area contributed by atoms with Crippen molar-refractivity contribution in [1.82, 2.24) is 10.6 Å². The lowest BCUT2D eigenvalue weighted by Gasteiger charge is -2.33. The highest BCUT2D eigenvalue weighted by atomic mass is 32.1. The highest BCUT2D eigenvalue weighted by molar-refractivity contribution is 7.08. The Morgan fingerprint density at radius 2 is 1.86 bits per heavy atom. The maximum absolute atomic E-state index is 12.0. The molecule has 0 atom stereocenters. The maximum Gasteiger partial charge on any atom is 0.252 e. The Morgan fingerprint density at radius 3 is 2.38 bits per heavy atom. The third-order valence-electron chi connectivity index (χ3n) is 2.87. The SMILES string of the molecule is CC(C)(C)CC(C)(C)NC(=O)CCNC(=O)c1ccsc1. The molecule has 0 fully saturated rings. The topological polar surface area (TPSA) is 58.2 Å². The van der Waals surface area contributed by atoms with Gasteiger partial charge in [0.1, 0.15) is 0 Å². The number of carbonyl (C=O) groups excluding carboxylic acids is 2. The van der Waals surface area contributed by atoms with E-state index in [2.05, 4.69) is 31.4 Å². The lowest BCUT2D eigenvalue weighted by atomic mass is 9.82. The molecule has 0 spiro atoms. The summed E-state index contributed by atoms with van der Waals surface area (Å²) >= 11 is 1.48. The normalized spacial score (nSPS) is 12.0. The summed E-state index contributed by atoms with van der Waals surface area (Å²) in [6, 6.07) is 1.77. The van der Waals surface area contributed by atoms with Gasteiger partial charge in [-0.3, -0.25) is 9.59 Å². The van der Waals surface area contributed by atoms with Crippen molar-refractivity contribution in [2.24, 2.45) is 5.41 Å². The molecule has 1 heterocycles. The largest absolute Gasteiger partial charge is 0.351 e. The van der Waals surface area contributed by atoms with Crippen LogP contribution in [-0.2, 0) is 4.79 Å². The van der Waals surface area contributed by atoms with Gasteiger partial charge >= 0.3 is 0 Å². The number of carbonyl (C=O) groups is 2. The predicted octanol–water partition coefficient (Wildman–Crippen LogP) is 3.20. The number of hydrogen-bond acceptors (Lipinski definition) is 3. The third kappa shape index (κ3) is 7.27. The summed E-state index contributed by atoms with van der Waals surface area (Å²) < 4.78 is 0. The summed E-state index contributed by atoms with van der Waals surface area (Å²) in [5.41, 5.74) is 0.560. The summed E-state index contributed by atoms with van der Waals surface area (Å²) in [4.78, 5) is 23.7. The fourth-order valence-electron chi connectivity index (χ4n) is 2.60. The molecule has 0 bridgehead atoms.